The lowest BCUT2D eigenvalue weighted by atomic mass is 10.1. The van der Waals surface area contributed by atoms with Crippen LogP contribution in [0.1, 0.15) is 8.29 Å². The van der Waals surface area contributed by atoms with E-state index < -0.39 is 37.2 Å². The molecule has 1 aliphatic rings. The van der Waals surface area contributed by atoms with Crippen LogP contribution in [-0.4, -0.2) is 79.2 Å². The monoisotopic (exact) mass is 493 g/mol. The summed E-state index contributed by atoms with van der Waals surface area (Å²) in [6.45, 7) is 0.586. The molecule has 4 heterocycles. The molecule has 14 heteroatoms. The van der Waals surface area contributed by atoms with Crippen LogP contribution in [0.5, 0.6) is 5.88 Å². The second-order valence-electron chi connectivity index (χ2n) is 8.04. The molecule has 1 aromatic carbocycles. The first-order chi connectivity index (χ1) is 17.2. The van der Waals surface area contributed by atoms with E-state index >= 15 is 4.39 Å². The number of nitrogens with zero attached hydrogens (tertiary/aromatic N) is 7. The smallest absolute Gasteiger partial charge is 0.258 e. The number of H-pyrrole nitrogens is 1. The molecule has 5 rings (SSSR count). The van der Waals surface area contributed by atoms with Gasteiger partial charge in [0.2, 0.25) is 17.4 Å². The van der Waals surface area contributed by atoms with Crippen LogP contribution in [0.2, 0.25) is 0 Å². The number of likely N-dealkylation sites (tertiary alicyclic amines) is 1. The minimum Gasteiger partial charge on any atom is -0.479 e. The molecule has 0 aliphatic carbocycles. The summed E-state index contributed by atoms with van der Waals surface area (Å²) in [7, 11) is 1.29. The van der Waals surface area contributed by atoms with E-state index in [9.17, 15) is 18.0 Å². The van der Waals surface area contributed by atoms with Gasteiger partial charge in [0.05, 0.1) is 32.3 Å². The van der Waals surface area contributed by atoms with Crippen LogP contribution in [0.15, 0.2) is 29.4 Å². The van der Waals surface area contributed by atoms with Gasteiger partial charge in [-0.2, -0.15) is 4.98 Å². The van der Waals surface area contributed by atoms with E-state index in [0.29, 0.717) is 5.52 Å². The standard InChI is InChI=1S/C21H20F4N8O2/c1-10(34)31-6-12(22)15(8-31)26-21-27-20(35-2)19-18(13(23)7-33(19)29-21)11-3-4-14-16(5-11)32(30-28-14)9-17(24)25/h3-5,7,12,15,17H,6,8-9H2,1-2H3,(H,26,29)/t12-,15+/m0/s1/i7D. The molecule has 0 bridgehead atoms. The normalized spacial score (nSPS) is 19.3. The van der Waals surface area contributed by atoms with Gasteiger partial charge in [0, 0.05) is 13.5 Å². The van der Waals surface area contributed by atoms with Crippen molar-refractivity contribution in [3.63, 3.8) is 0 Å². The number of carbonyl (C=O) groups excluding carboxylic acids is 1. The number of benzene rings is 1. The number of halogens is 4. The van der Waals surface area contributed by atoms with Gasteiger partial charge in [-0.3, -0.25) is 14.4 Å². The van der Waals surface area contributed by atoms with Crippen molar-refractivity contribution in [1.29, 1.82) is 0 Å². The van der Waals surface area contributed by atoms with Crippen LogP contribution >= 0.6 is 0 Å². The Morgan fingerprint density at radius 1 is 1.40 bits per heavy atom. The van der Waals surface area contributed by atoms with Gasteiger partial charge in [-0.05, 0) is 17.7 Å². The Labute approximate surface area is 196 Å². The number of hydrogen-bond acceptors (Lipinski definition) is 6. The quantitative estimate of drug-likeness (QED) is 0.428. The molecule has 1 fully saturated rings. The number of rotatable bonds is 5. The van der Waals surface area contributed by atoms with Gasteiger partial charge in [0.1, 0.15) is 29.8 Å². The highest BCUT2D eigenvalue weighted by atomic mass is 19.3. The van der Waals surface area contributed by atoms with Crippen molar-refractivity contribution in [2.45, 2.75) is 32.1 Å². The molecule has 3 aromatic heterocycles. The maximum absolute atomic E-state index is 15.4. The average Bonchev–Trinajstić information content (AvgIpc) is 3.48. The fourth-order valence-corrected chi connectivity index (χ4v) is 4.12. The second-order valence-corrected chi connectivity index (χ2v) is 8.04. The fourth-order valence-electron chi connectivity index (χ4n) is 4.12. The van der Waals surface area contributed by atoms with Crippen molar-refractivity contribution in [3.05, 3.63) is 35.8 Å². The zero-order chi connectivity index (χ0) is 25.7. The molecule has 1 aliphatic heterocycles. The van der Waals surface area contributed by atoms with Gasteiger partial charge in [-0.25, -0.2) is 27.2 Å². The van der Waals surface area contributed by atoms with E-state index in [4.69, 9.17) is 6.11 Å². The van der Waals surface area contributed by atoms with Gasteiger partial charge in [0.25, 0.3) is 6.43 Å². The molecule has 0 saturated carbocycles. The third-order valence-corrected chi connectivity index (χ3v) is 5.77. The van der Waals surface area contributed by atoms with Crippen LogP contribution < -0.4 is 10.4 Å². The minimum atomic E-state index is -2.67. The topological polar surface area (TPSA) is 106 Å². The van der Waals surface area contributed by atoms with Gasteiger partial charge in [-0.15, -0.1) is 5.10 Å². The van der Waals surface area contributed by atoms with Crippen molar-refractivity contribution in [3.8, 4) is 17.0 Å². The van der Waals surface area contributed by atoms with E-state index in [1.807, 2.05) is 0 Å². The molecule has 0 unspecified atom stereocenters. The Morgan fingerprint density at radius 3 is 2.89 bits per heavy atom. The molecule has 1 N–H and O–H groups in total. The first kappa shape index (κ1) is 21.6. The second kappa shape index (κ2) is 8.67. The molecular formula is C21H20F4N8O2. The number of methoxy groups -OCH3 is 1. The number of hydrogen-bond donors (Lipinski definition) is 1. The number of aromatic amines is 1. The summed E-state index contributed by atoms with van der Waals surface area (Å²) < 4.78 is 71.4. The van der Waals surface area contributed by atoms with Crippen LogP contribution in [0, 0.1) is 5.82 Å². The number of ether oxygens (including phenoxy) is 1. The third kappa shape index (κ3) is 4.08. The number of amides is 1. The van der Waals surface area contributed by atoms with Crippen molar-refractivity contribution in [1.82, 2.24) is 34.5 Å². The summed E-state index contributed by atoms with van der Waals surface area (Å²) in [6, 6.07) is 3.55. The number of fused-ring (bicyclic) bond motifs is 2. The molecule has 1 amide bonds. The van der Waals surface area contributed by atoms with Crippen molar-refractivity contribution < 1.29 is 28.5 Å². The summed E-state index contributed by atoms with van der Waals surface area (Å²) in [5.41, 5.74) is 0.714. The van der Waals surface area contributed by atoms with E-state index in [-0.39, 0.29) is 52.7 Å². The number of nitrogens with one attached hydrogen (secondary N) is 1. The summed E-state index contributed by atoms with van der Waals surface area (Å²) in [5.74, 6) is -1.31. The predicted molar refractivity (Wildman–Crippen MR) is 115 cm³/mol. The first-order valence-corrected chi connectivity index (χ1v) is 10.6. The van der Waals surface area contributed by atoms with Gasteiger partial charge in [0.15, 0.2) is 5.82 Å². The molecule has 0 spiro atoms. The SMILES string of the molecule is [2H]c1c(F)c(-c2ccc3nnn(CC(F)F)c3c2)c2c(OC)nc(=N[C@@H]3CN(C(C)=O)C[C@@H]3F)[nH]n12. The zero-order valence-electron chi connectivity index (χ0n) is 19.5. The number of alkyl halides is 3. The van der Waals surface area contributed by atoms with Crippen LogP contribution in [0.3, 0.4) is 0 Å². The molecule has 4 aromatic rings. The zero-order valence-corrected chi connectivity index (χ0v) is 18.5. The molecule has 2 atom stereocenters. The highest BCUT2D eigenvalue weighted by molar-refractivity contribution is 5.89. The van der Waals surface area contributed by atoms with Crippen molar-refractivity contribution in [2.75, 3.05) is 20.2 Å². The molecule has 35 heavy (non-hydrogen) atoms. The van der Waals surface area contributed by atoms with Crippen molar-refractivity contribution in [2.24, 2.45) is 4.99 Å². The third-order valence-electron chi connectivity index (χ3n) is 5.77. The van der Waals surface area contributed by atoms with Gasteiger partial charge in [-0.1, -0.05) is 11.3 Å². The number of carbonyl (C=O) groups is 1. The van der Waals surface area contributed by atoms with Crippen LogP contribution in [-0.2, 0) is 11.3 Å². The van der Waals surface area contributed by atoms with Crippen LogP contribution in [0.4, 0.5) is 17.6 Å². The summed E-state index contributed by atoms with van der Waals surface area (Å²) in [6.07, 6.45) is -4.67. The summed E-state index contributed by atoms with van der Waals surface area (Å²) >= 11 is 0. The van der Waals surface area contributed by atoms with Crippen molar-refractivity contribution >= 4 is 22.5 Å². The number of aromatic nitrogens is 6. The lowest BCUT2D eigenvalue weighted by Gasteiger charge is -2.11. The lowest BCUT2D eigenvalue weighted by Crippen LogP contribution is -2.28. The average molecular weight is 493 g/mol. The summed E-state index contributed by atoms with van der Waals surface area (Å²) in [5, 5.41) is 10.3. The predicted octanol–water partition coefficient (Wildman–Crippen LogP) is 1.96. The van der Waals surface area contributed by atoms with E-state index in [1.54, 1.807) is 0 Å². The van der Waals surface area contributed by atoms with Gasteiger partial charge >= 0.3 is 0 Å². The Hall–Kier alpha value is -3.97. The molecule has 184 valence electrons. The first-order valence-electron chi connectivity index (χ1n) is 11.1. The molecule has 1 saturated heterocycles. The highest BCUT2D eigenvalue weighted by Gasteiger charge is 2.34. The molecule has 10 nitrogen and oxygen atoms in total. The Bertz CT molecular complexity index is 1550. The minimum absolute atomic E-state index is 0.0474. The van der Waals surface area contributed by atoms with Crippen LogP contribution in [0.25, 0.3) is 27.7 Å². The fraction of sp³-hybridized carbons (Fsp3) is 0.381. The lowest BCUT2D eigenvalue weighted by molar-refractivity contribution is -0.128. The van der Waals surface area contributed by atoms with E-state index in [2.05, 4.69) is 25.4 Å². The maximum Gasteiger partial charge on any atom is 0.258 e. The Morgan fingerprint density at radius 2 is 2.20 bits per heavy atom. The molecular weight excluding hydrogens is 472 g/mol. The summed E-state index contributed by atoms with van der Waals surface area (Å²) in [4.78, 5) is 21.3. The van der Waals surface area contributed by atoms with Gasteiger partial charge < -0.3 is 9.64 Å². The molecule has 0 radical (unpaired) electrons. The maximum atomic E-state index is 15.4. The van der Waals surface area contributed by atoms with E-state index in [1.165, 1.54) is 37.1 Å². The highest BCUT2D eigenvalue weighted by Crippen LogP contribution is 2.34. The Kier molecular flexibility index (Phi) is 5.34. The Balaban J connectivity index is 1.65. The largest absolute Gasteiger partial charge is 0.479 e. The van der Waals surface area contributed by atoms with E-state index in [0.717, 1.165) is 9.20 Å².